The molecule has 0 saturated carbocycles. The lowest BCUT2D eigenvalue weighted by Gasteiger charge is -2.05. The highest BCUT2D eigenvalue weighted by molar-refractivity contribution is 7.13. The quantitative estimate of drug-likeness (QED) is 0.479. The molecule has 9 heteroatoms. The molecule has 0 aliphatic carbocycles. The van der Waals surface area contributed by atoms with E-state index in [0.29, 0.717) is 17.2 Å². The smallest absolute Gasteiger partial charge is 0.291 e. The molecule has 0 aliphatic heterocycles. The van der Waals surface area contributed by atoms with Gasteiger partial charge in [0.25, 0.3) is 5.91 Å². The summed E-state index contributed by atoms with van der Waals surface area (Å²) in [7, 11) is 0. The third-order valence-corrected chi connectivity index (χ3v) is 5.22. The molecule has 4 rings (SSSR count). The number of nitrogens with zero attached hydrogens (tertiary/aromatic N) is 3. The van der Waals surface area contributed by atoms with Gasteiger partial charge in [0.2, 0.25) is 11.7 Å². The second-order valence-electron chi connectivity index (χ2n) is 6.69. The first-order valence-corrected chi connectivity index (χ1v) is 10.3. The standard InChI is InChI=1S/C22H18FN5O2S/c1-14(29)25-17-8-4-15(5-9-17)13-24-22(30)20-26-21(19-3-2-12-31-19)28(27-20)18-10-6-16(23)7-11-18/h2-12H,13H2,1H3,(H,24,30)(H,25,29). The van der Waals surface area contributed by atoms with Crippen LogP contribution in [0.2, 0.25) is 0 Å². The van der Waals surface area contributed by atoms with Gasteiger partial charge in [0.15, 0.2) is 5.82 Å². The number of benzene rings is 2. The van der Waals surface area contributed by atoms with E-state index < -0.39 is 5.91 Å². The van der Waals surface area contributed by atoms with Crippen LogP contribution in [-0.4, -0.2) is 26.6 Å². The first-order chi connectivity index (χ1) is 15.0. The average Bonchev–Trinajstić information content (AvgIpc) is 3.43. The van der Waals surface area contributed by atoms with E-state index >= 15 is 0 Å². The fraction of sp³-hybridized carbons (Fsp3) is 0.0909. The maximum atomic E-state index is 13.3. The van der Waals surface area contributed by atoms with Crippen molar-refractivity contribution in [3.8, 4) is 16.4 Å². The summed E-state index contributed by atoms with van der Waals surface area (Å²) in [6.45, 7) is 1.72. The van der Waals surface area contributed by atoms with E-state index in [4.69, 9.17) is 0 Å². The van der Waals surface area contributed by atoms with Gasteiger partial charge in [0, 0.05) is 19.2 Å². The molecule has 0 unspecified atom stereocenters. The molecular formula is C22H18FN5O2S. The summed E-state index contributed by atoms with van der Waals surface area (Å²) in [5.74, 6) is -0.409. The summed E-state index contributed by atoms with van der Waals surface area (Å²) in [5, 5.41) is 11.8. The van der Waals surface area contributed by atoms with Gasteiger partial charge in [-0.3, -0.25) is 9.59 Å². The molecule has 2 aromatic heterocycles. The zero-order valence-electron chi connectivity index (χ0n) is 16.5. The van der Waals surface area contributed by atoms with Crippen molar-refractivity contribution in [2.75, 3.05) is 5.32 Å². The minimum atomic E-state index is -0.426. The van der Waals surface area contributed by atoms with Crippen LogP contribution in [0.25, 0.3) is 16.4 Å². The molecule has 2 N–H and O–H groups in total. The molecule has 2 amide bonds. The van der Waals surface area contributed by atoms with Gasteiger partial charge in [-0.15, -0.1) is 16.4 Å². The molecular weight excluding hydrogens is 417 g/mol. The van der Waals surface area contributed by atoms with E-state index in [1.807, 2.05) is 29.6 Å². The Bertz CT molecular complexity index is 1200. The van der Waals surface area contributed by atoms with E-state index in [2.05, 4.69) is 20.7 Å². The van der Waals surface area contributed by atoms with Crippen LogP contribution < -0.4 is 10.6 Å². The van der Waals surface area contributed by atoms with E-state index in [1.54, 1.807) is 24.3 Å². The second-order valence-corrected chi connectivity index (χ2v) is 7.63. The van der Waals surface area contributed by atoms with E-state index in [1.165, 1.54) is 35.1 Å². The molecule has 0 spiro atoms. The van der Waals surface area contributed by atoms with Crippen molar-refractivity contribution >= 4 is 28.8 Å². The molecule has 0 bridgehead atoms. The fourth-order valence-corrected chi connectivity index (χ4v) is 3.60. The van der Waals surface area contributed by atoms with Crippen molar-refractivity contribution in [1.29, 1.82) is 0 Å². The fourth-order valence-electron chi connectivity index (χ4n) is 2.91. The predicted molar refractivity (Wildman–Crippen MR) is 117 cm³/mol. The molecule has 0 aliphatic rings. The highest BCUT2D eigenvalue weighted by Gasteiger charge is 2.19. The largest absolute Gasteiger partial charge is 0.345 e. The topological polar surface area (TPSA) is 88.9 Å². The number of hydrogen-bond donors (Lipinski definition) is 2. The minimum Gasteiger partial charge on any atom is -0.345 e. The Morgan fingerprint density at radius 1 is 1.06 bits per heavy atom. The Kier molecular flexibility index (Phi) is 5.85. The summed E-state index contributed by atoms with van der Waals surface area (Å²) in [6, 6.07) is 16.7. The zero-order valence-corrected chi connectivity index (χ0v) is 17.3. The summed E-state index contributed by atoms with van der Waals surface area (Å²) in [4.78, 5) is 29.0. The van der Waals surface area contributed by atoms with Gasteiger partial charge in [-0.05, 0) is 53.4 Å². The van der Waals surface area contributed by atoms with Crippen molar-refractivity contribution in [3.05, 3.63) is 83.2 Å². The molecule has 0 fully saturated rings. The van der Waals surface area contributed by atoms with Crippen LogP contribution in [0, 0.1) is 5.82 Å². The Morgan fingerprint density at radius 2 is 1.81 bits per heavy atom. The van der Waals surface area contributed by atoms with Gasteiger partial charge in [-0.1, -0.05) is 18.2 Å². The third kappa shape index (κ3) is 4.84. The lowest BCUT2D eigenvalue weighted by atomic mass is 10.2. The number of hydrogen-bond acceptors (Lipinski definition) is 5. The summed E-state index contributed by atoms with van der Waals surface area (Å²) < 4.78 is 14.9. The number of anilines is 1. The summed E-state index contributed by atoms with van der Waals surface area (Å²) in [6.07, 6.45) is 0. The predicted octanol–water partition coefficient (Wildman–Crippen LogP) is 4.02. The van der Waals surface area contributed by atoms with Crippen LogP contribution in [-0.2, 0) is 11.3 Å². The lowest BCUT2D eigenvalue weighted by Crippen LogP contribution is -2.24. The van der Waals surface area contributed by atoms with Crippen molar-refractivity contribution < 1.29 is 14.0 Å². The number of aromatic nitrogens is 3. The molecule has 0 atom stereocenters. The number of carbonyl (C=O) groups is 2. The number of carbonyl (C=O) groups excluding carboxylic acids is 2. The van der Waals surface area contributed by atoms with Crippen molar-refractivity contribution in [1.82, 2.24) is 20.1 Å². The number of rotatable bonds is 6. The van der Waals surface area contributed by atoms with E-state index in [0.717, 1.165) is 10.4 Å². The van der Waals surface area contributed by atoms with Gasteiger partial charge in [0.1, 0.15) is 5.82 Å². The first-order valence-electron chi connectivity index (χ1n) is 9.41. The van der Waals surface area contributed by atoms with Gasteiger partial charge in [-0.2, -0.15) is 0 Å². The molecule has 0 radical (unpaired) electrons. The third-order valence-electron chi connectivity index (χ3n) is 4.35. The van der Waals surface area contributed by atoms with Crippen molar-refractivity contribution in [2.45, 2.75) is 13.5 Å². The van der Waals surface area contributed by atoms with E-state index in [9.17, 15) is 14.0 Å². The molecule has 4 aromatic rings. The van der Waals surface area contributed by atoms with Crippen LogP contribution >= 0.6 is 11.3 Å². The SMILES string of the molecule is CC(=O)Nc1ccc(CNC(=O)c2nc(-c3cccs3)n(-c3ccc(F)cc3)n2)cc1. The molecule has 31 heavy (non-hydrogen) atoms. The monoisotopic (exact) mass is 435 g/mol. The Morgan fingerprint density at radius 3 is 2.45 bits per heavy atom. The number of nitrogens with one attached hydrogen (secondary N) is 2. The van der Waals surface area contributed by atoms with Crippen LogP contribution in [0.1, 0.15) is 23.1 Å². The second kappa shape index (κ2) is 8.88. The highest BCUT2D eigenvalue weighted by atomic mass is 32.1. The molecule has 0 saturated heterocycles. The number of thiophene rings is 1. The van der Waals surface area contributed by atoms with Crippen molar-refractivity contribution in [2.24, 2.45) is 0 Å². The van der Waals surface area contributed by atoms with Gasteiger partial charge in [0.05, 0.1) is 10.6 Å². The lowest BCUT2D eigenvalue weighted by molar-refractivity contribution is -0.114. The van der Waals surface area contributed by atoms with Crippen LogP contribution in [0.4, 0.5) is 10.1 Å². The Balaban J connectivity index is 1.53. The molecule has 2 aromatic carbocycles. The Hall–Kier alpha value is -3.85. The van der Waals surface area contributed by atoms with E-state index in [-0.39, 0.29) is 24.1 Å². The summed E-state index contributed by atoms with van der Waals surface area (Å²) >= 11 is 1.47. The maximum Gasteiger partial charge on any atom is 0.291 e. The normalized spacial score (nSPS) is 10.6. The maximum absolute atomic E-state index is 13.3. The highest BCUT2D eigenvalue weighted by Crippen LogP contribution is 2.25. The molecule has 7 nitrogen and oxygen atoms in total. The van der Waals surface area contributed by atoms with Crippen molar-refractivity contribution in [3.63, 3.8) is 0 Å². The van der Waals surface area contributed by atoms with Crippen LogP contribution in [0.3, 0.4) is 0 Å². The number of halogens is 1. The summed E-state index contributed by atoms with van der Waals surface area (Å²) in [5.41, 5.74) is 2.15. The van der Waals surface area contributed by atoms with Crippen LogP contribution in [0.5, 0.6) is 0 Å². The molecule has 156 valence electrons. The Labute approximate surface area is 181 Å². The number of amides is 2. The average molecular weight is 435 g/mol. The zero-order chi connectivity index (χ0) is 21.8. The molecule has 2 heterocycles. The van der Waals surface area contributed by atoms with Gasteiger partial charge in [-0.25, -0.2) is 14.1 Å². The first kappa shape index (κ1) is 20.4. The van der Waals surface area contributed by atoms with Gasteiger partial charge < -0.3 is 10.6 Å². The minimum absolute atomic E-state index is 0.0163. The van der Waals surface area contributed by atoms with Gasteiger partial charge >= 0.3 is 0 Å². The van der Waals surface area contributed by atoms with Crippen LogP contribution in [0.15, 0.2) is 66.0 Å².